The van der Waals surface area contributed by atoms with Crippen LogP contribution in [-0.4, -0.2) is 12.3 Å². The fourth-order valence-corrected chi connectivity index (χ4v) is 1.34. The second kappa shape index (κ2) is 2.59. The van der Waals surface area contributed by atoms with E-state index in [-0.39, 0.29) is 11.6 Å². The molecule has 0 radical (unpaired) electrons. The van der Waals surface area contributed by atoms with Gasteiger partial charge >= 0.3 is 0 Å². The molecule has 1 heterocycles. The Morgan fingerprint density at radius 3 is 3.08 bits per heavy atom. The van der Waals surface area contributed by atoms with Crippen molar-refractivity contribution in [3.63, 3.8) is 0 Å². The highest BCUT2D eigenvalue weighted by Crippen LogP contribution is 2.20. The third kappa shape index (κ3) is 1.18. The smallest absolute Gasteiger partial charge is 0.156 e. The van der Waals surface area contributed by atoms with Gasteiger partial charge in [0.2, 0.25) is 0 Å². The standard InChI is InChI=1S/C9H8FNO/c10-7-2-1-6-3-8(12)5-11-9(6)4-7/h1-2,4,11H,3,5H2. The first kappa shape index (κ1) is 7.28. The Bertz CT molecular complexity index is 335. The summed E-state index contributed by atoms with van der Waals surface area (Å²) in [6, 6.07) is 4.44. The summed E-state index contributed by atoms with van der Waals surface area (Å²) in [6.45, 7) is 0.316. The van der Waals surface area contributed by atoms with Crippen LogP contribution in [0.4, 0.5) is 10.1 Å². The molecular weight excluding hydrogens is 157 g/mol. The molecule has 0 amide bonds. The molecule has 12 heavy (non-hydrogen) atoms. The van der Waals surface area contributed by atoms with Crippen LogP contribution in [0.2, 0.25) is 0 Å². The number of hydrogen-bond donors (Lipinski definition) is 1. The average molecular weight is 165 g/mol. The Kier molecular flexibility index (Phi) is 1.57. The Morgan fingerprint density at radius 2 is 2.25 bits per heavy atom. The van der Waals surface area contributed by atoms with Crippen molar-refractivity contribution in [3.8, 4) is 0 Å². The molecule has 0 aromatic heterocycles. The summed E-state index contributed by atoms with van der Waals surface area (Å²) in [5.41, 5.74) is 1.63. The van der Waals surface area contributed by atoms with Gasteiger partial charge in [-0.05, 0) is 17.7 Å². The lowest BCUT2D eigenvalue weighted by atomic mass is 10.0. The van der Waals surface area contributed by atoms with E-state index in [1.54, 1.807) is 6.07 Å². The Balaban J connectivity index is 2.43. The number of carbonyl (C=O) groups excluding carboxylic acids is 1. The number of Topliss-reactive ketones (excluding diaryl/α,β-unsaturated/α-hetero) is 1. The lowest BCUT2D eigenvalue weighted by Crippen LogP contribution is -2.22. The molecule has 1 aromatic rings. The lowest BCUT2D eigenvalue weighted by molar-refractivity contribution is -0.117. The average Bonchev–Trinajstić information content (AvgIpc) is 2.05. The maximum atomic E-state index is 12.7. The highest BCUT2D eigenvalue weighted by molar-refractivity contribution is 5.89. The molecule has 0 bridgehead atoms. The van der Waals surface area contributed by atoms with Crippen LogP contribution in [0.25, 0.3) is 0 Å². The van der Waals surface area contributed by atoms with Gasteiger partial charge in [0.25, 0.3) is 0 Å². The van der Waals surface area contributed by atoms with Gasteiger partial charge in [0.05, 0.1) is 6.54 Å². The highest BCUT2D eigenvalue weighted by atomic mass is 19.1. The number of nitrogens with one attached hydrogen (secondary N) is 1. The Hall–Kier alpha value is -1.38. The van der Waals surface area contributed by atoms with Gasteiger partial charge in [-0.15, -0.1) is 0 Å². The van der Waals surface area contributed by atoms with Gasteiger partial charge in [-0.3, -0.25) is 4.79 Å². The molecule has 3 heteroatoms. The van der Waals surface area contributed by atoms with Gasteiger partial charge in [0.15, 0.2) is 5.78 Å². The fraction of sp³-hybridized carbons (Fsp3) is 0.222. The summed E-state index contributed by atoms with van der Waals surface area (Å²) in [6.07, 6.45) is 0.419. The molecule has 2 nitrogen and oxygen atoms in total. The second-order valence-corrected chi connectivity index (χ2v) is 2.87. The normalized spacial score (nSPS) is 15.2. The maximum absolute atomic E-state index is 12.7. The number of carbonyl (C=O) groups is 1. The third-order valence-electron chi connectivity index (χ3n) is 1.94. The van der Waals surface area contributed by atoms with Gasteiger partial charge in [-0.25, -0.2) is 4.39 Å². The molecule has 0 saturated heterocycles. The van der Waals surface area contributed by atoms with Gasteiger partial charge in [0, 0.05) is 12.1 Å². The second-order valence-electron chi connectivity index (χ2n) is 2.87. The molecule has 0 saturated carbocycles. The SMILES string of the molecule is O=C1CNc2cc(F)ccc2C1. The van der Waals surface area contributed by atoms with Crippen molar-refractivity contribution in [3.05, 3.63) is 29.6 Å². The highest BCUT2D eigenvalue weighted by Gasteiger charge is 2.14. The zero-order valence-corrected chi connectivity index (χ0v) is 6.43. The Morgan fingerprint density at radius 1 is 1.42 bits per heavy atom. The first-order chi connectivity index (χ1) is 5.75. The summed E-state index contributed by atoms with van der Waals surface area (Å²) < 4.78 is 12.7. The van der Waals surface area contributed by atoms with E-state index in [0.29, 0.717) is 13.0 Å². The van der Waals surface area contributed by atoms with E-state index in [4.69, 9.17) is 0 Å². The predicted molar refractivity (Wildman–Crippen MR) is 43.6 cm³/mol. The summed E-state index contributed by atoms with van der Waals surface area (Å²) >= 11 is 0. The molecular formula is C9H8FNO. The number of halogens is 1. The molecule has 0 fully saturated rings. The molecule has 2 rings (SSSR count). The maximum Gasteiger partial charge on any atom is 0.156 e. The van der Waals surface area contributed by atoms with E-state index in [2.05, 4.69) is 5.32 Å². The van der Waals surface area contributed by atoms with Gasteiger partial charge in [-0.2, -0.15) is 0 Å². The summed E-state index contributed by atoms with van der Waals surface area (Å²) in [7, 11) is 0. The number of anilines is 1. The van der Waals surface area contributed by atoms with Crippen LogP contribution in [0.3, 0.4) is 0 Å². The van der Waals surface area contributed by atoms with Gasteiger partial charge in [-0.1, -0.05) is 6.07 Å². The van der Waals surface area contributed by atoms with Crippen LogP contribution in [-0.2, 0) is 11.2 Å². The van der Waals surface area contributed by atoms with E-state index < -0.39 is 0 Å². The predicted octanol–water partition coefficient (Wildman–Crippen LogP) is 1.36. The fourth-order valence-electron chi connectivity index (χ4n) is 1.34. The van der Waals surface area contributed by atoms with Gasteiger partial charge < -0.3 is 5.32 Å². The molecule has 0 unspecified atom stereocenters. The molecule has 1 aliphatic heterocycles. The van der Waals surface area contributed by atoms with Crippen molar-refractivity contribution < 1.29 is 9.18 Å². The van der Waals surface area contributed by atoms with Crippen molar-refractivity contribution in [1.29, 1.82) is 0 Å². The summed E-state index contributed by atoms with van der Waals surface area (Å²) in [5.74, 6) is -0.121. The van der Waals surface area contributed by atoms with Crippen LogP contribution in [0.1, 0.15) is 5.56 Å². The van der Waals surface area contributed by atoms with Crippen LogP contribution >= 0.6 is 0 Å². The number of fused-ring (bicyclic) bond motifs is 1. The van der Waals surface area contributed by atoms with Crippen molar-refractivity contribution >= 4 is 11.5 Å². The molecule has 1 aromatic carbocycles. The number of benzene rings is 1. The van der Waals surface area contributed by atoms with Crippen molar-refractivity contribution in [2.45, 2.75) is 6.42 Å². The zero-order chi connectivity index (χ0) is 8.55. The molecule has 0 aliphatic carbocycles. The Labute approximate surface area is 69.4 Å². The summed E-state index contributed by atoms with van der Waals surface area (Å²) in [5, 5.41) is 2.86. The van der Waals surface area contributed by atoms with Crippen LogP contribution in [0.5, 0.6) is 0 Å². The topological polar surface area (TPSA) is 29.1 Å². The van der Waals surface area contributed by atoms with Crippen molar-refractivity contribution in [2.24, 2.45) is 0 Å². The molecule has 0 spiro atoms. The third-order valence-corrected chi connectivity index (χ3v) is 1.94. The first-order valence-corrected chi connectivity index (χ1v) is 3.80. The van der Waals surface area contributed by atoms with Crippen molar-refractivity contribution in [1.82, 2.24) is 0 Å². The number of hydrogen-bond acceptors (Lipinski definition) is 2. The number of rotatable bonds is 0. The summed E-state index contributed by atoms with van der Waals surface area (Å²) in [4.78, 5) is 11.0. The molecule has 0 atom stereocenters. The minimum Gasteiger partial charge on any atom is -0.378 e. The van der Waals surface area contributed by atoms with Crippen molar-refractivity contribution in [2.75, 3.05) is 11.9 Å². The molecule has 62 valence electrons. The van der Waals surface area contributed by atoms with Crippen LogP contribution in [0.15, 0.2) is 18.2 Å². The lowest BCUT2D eigenvalue weighted by Gasteiger charge is -2.16. The minimum atomic E-state index is -0.268. The van der Waals surface area contributed by atoms with Crippen LogP contribution < -0.4 is 5.32 Å². The minimum absolute atomic E-state index is 0.147. The quantitative estimate of drug-likeness (QED) is 0.629. The van der Waals surface area contributed by atoms with E-state index in [9.17, 15) is 9.18 Å². The monoisotopic (exact) mass is 165 g/mol. The molecule has 1 N–H and O–H groups in total. The van der Waals surface area contributed by atoms with Gasteiger partial charge in [0.1, 0.15) is 5.82 Å². The largest absolute Gasteiger partial charge is 0.378 e. The van der Waals surface area contributed by atoms with E-state index in [1.807, 2.05) is 0 Å². The van der Waals surface area contributed by atoms with E-state index in [1.165, 1.54) is 12.1 Å². The number of ketones is 1. The van der Waals surface area contributed by atoms with E-state index >= 15 is 0 Å². The van der Waals surface area contributed by atoms with Crippen LogP contribution in [0, 0.1) is 5.82 Å². The first-order valence-electron chi connectivity index (χ1n) is 3.80. The van der Waals surface area contributed by atoms with E-state index in [0.717, 1.165) is 11.3 Å². The zero-order valence-electron chi connectivity index (χ0n) is 6.43. The molecule has 1 aliphatic rings.